The summed E-state index contributed by atoms with van der Waals surface area (Å²) < 4.78 is 1.83. The minimum atomic E-state index is 0.338. The minimum absolute atomic E-state index is 0.338. The van der Waals surface area contributed by atoms with Crippen molar-refractivity contribution in [1.82, 2.24) is 20.1 Å². The molecule has 2 aromatic rings. The fourth-order valence-electron chi connectivity index (χ4n) is 2.34. The Bertz CT molecular complexity index is 565. The number of halogens is 1. The molecule has 0 aliphatic carbocycles. The Morgan fingerprint density at radius 3 is 2.71 bits per heavy atom. The van der Waals surface area contributed by atoms with Gasteiger partial charge in [-0.05, 0) is 30.2 Å². The first-order chi connectivity index (χ1) is 10.1. The summed E-state index contributed by atoms with van der Waals surface area (Å²) in [6.07, 6.45) is 2.45. The summed E-state index contributed by atoms with van der Waals surface area (Å²) in [7, 11) is 1.93. The van der Waals surface area contributed by atoms with Crippen LogP contribution in [0.5, 0.6) is 0 Å². The lowest BCUT2D eigenvalue weighted by molar-refractivity contribution is 0.504. The van der Waals surface area contributed by atoms with E-state index in [1.54, 1.807) is 6.33 Å². The normalized spacial score (nSPS) is 12.8. The maximum Gasteiger partial charge on any atom is 0.138 e. The van der Waals surface area contributed by atoms with E-state index < -0.39 is 0 Å². The van der Waals surface area contributed by atoms with Crippen LogP contribution in [0.25, 0.3) is 0 Å². The van der Waals surface area contributed by atoms with Crippen molar-refractivity contribution in [2.45, 2.75) is 26.2 Å². The Labute approximate surface area is 131 Å². The topological polar surface area (TPSA) is 42.7 Å². The monoisotopic (exact) mass is 306 g/mol. The highest BCUT2D eigenvalue weighted by molar-refractivity contribution is 6.30. The number of hydrogen-bond acceptors (Lipinski definition) is 3. The van der Waals surface area contributed by atoms with Gasteiger partial charge in [0.05, 0.1) is 0 Å². The van der Waals surface area contributed by atoms with Crippen LogP contribution in [0.15, 0.2) is 30.6 Å². The summed E-state index contributed by atoms with van der Waals surface area (Å²) in [5.74, 6) is 1.97. The second kappa shape index (κ2) is 7.57. The third-order valence-electron chi connectivity index (χ3n) is 3.50. The molecular formula is C16H23ClN4. The van der Waals surface area contributed by atoms with Crippen LogP contribution in [0.1, 0.15) is 31.2 Å². The van der Waals surface area contributed by atoms with Gasteiger partial charge in [0.2, 0.25) is 0 Å². The second-order valence-electron chi connectivity index (χ2n) is 5.81. The first-order valence-electron chi connectivity index (χ1n) is 7.35. The summed E-state index contributed by atoms with van der Waals surface area (Å²) in [5.41, 5.74) is 1.24. The SMILES string of the molecule is CC(C)CNCC(Cc1ncnn1C)c1cccc(Cl)c1. The Morgan fingerprint density at radius 2 is 2.10 bits per heavy atom. The number of hydrogen-bond donors (Lipinski definition) is 1. The molecule has 21 heavy (non-hydrogen) atoms. The van der Waals surface area contributed by atoms with Crippen molar-refractivity contribution in [3.8, 4) is 0 Å². The fraction of sp³-hybridized carbons (Fsp3) is 0.500. The van der Waals surface area contributed by atoms with Crippen LogP contribution in [0.4, 0.5) is 0 Å². The van der Waals surface area contributed by atoms with Gasteiger partial charge in [-0.25, -0.2) is 4.98 Å². The van der Waals surface area contributed by atoms with Crippen molar-refractivity contribution < 1.29 is 0 Å². The van der Waals surface area contributed by atoms with Crippen LogP contribution < -0.4 is 5.32 Å². The molecule has 0 spiro atoms. The van der Waals surface area contributed by atoms with Crippen LogP contribution >= 0.6 is 11.6 Å². The van der Waals surface area contributed by atoms with Crippen LogP contribution in [0.2, 0.25) is 5.02 Å². The molecule has 1 N–H and O–H groups in total. The summed E-state index contributed by atoms with van der Waals surface area (Å²) >= 11 is 6.13. The lowest BCUT2D eigenvalue weighted by atomic mass is 9.95. The molecule has 114 valence electrons. The Hall–Kier alpha value is -1.39. The molecule has 0 fully saturated rings. The number of rotatable bonds is 7. The molecule has 0 bridgehead atoms. The van der Waals surface area contributed by atoms with Crippen molar-refractivity contribution in [2.75, 3.05) is 13.1 Å². The molecule has 4 nitrogen and oxygen atoms in total. The summed E-state index contributed by atoms with van der Waals surface area (Å²) in [4.78, 5) is 4.34. The standard InChI is InChI=1S/C16H23ClN4/c1-12(2)9-18-10-14(8-16-19-11-20-21(16)3)13-5-4-6-15(17)7-13/h4-7,11-12,14,18H,8-10H2,1-3H3. The van der Waals surface area contributed by atoms with Gasteiger partial charge in [0, 0.05) is 31.0 Å². The first kappa shape index (κ1) is 16.0. The van der Waals surface area contributed by atoms with Gasteiger partial charge in [0.15, 0.2) is 0 Å². The van der Waals surface area contributed by atoms with E-state index in [-0.39, 0.29) is 0 Å². The van der Waals surface area contributed by atoms with Gasteiger partial charge in [-0.2, -0.15) is 5.10 Å². The van der Waals surface area contributed by atoms with E-state index in [2.05, 4.69) is 35.3 Å². The average Bonchev–Trinajstić information content (AvgIpc) is 2.83. The predicted octanol–water partition coefficient (Wildman–Crippen LogP) is 3.04. The number of nitrogens with zero attached hydrogens (tertiary/aromatic N) is 3. The van der Waals surface area contributed by atoms with Crippen molar-refractivity contribution in [3.63, 3.8) is 0 Å². The second-order valence-corrected chi connectivity index (χ2v) is 6.24. The highest BCUT2D eigenvalue weighted by Crippen LogP contribution is 2.22. The molecule has 0 aliphatic heterocycles. The maximum absolute atomic E-state index is 6.13. The number of benzene rings is 1. The smallest absolute Gasteiger partial charge is 0.138 e. The Morgan fingerprint density at radius 1 is 1.29 bits per heavy atom. The molecule has 0 radical (unpaired) electrons. The third kappa shape index (κ3) is 4.83. The zero-order valence-corrected chi connectivity index (χ0v) is 13.6. The van der Waals surface area contributed by atoms with Gasteiger partial charge in [-0.3, -0.25) is 4.68 Å². The summed E-state index contributed by atoms with van der Waals surface area (Å²) in [6, 6.07) is 8.08. The van der Waals surface area contributed by atoms with Gasteiger partial charge in [-0.1, -0.05) is 37.6 Å². The van der Waals surface area contributed by atoms with Gasteiger partial charge >= 0.3 is 0 Å². The van der Waals surface area contributed by atoms with Crippen LogP contribution in [0, 0.1) is 5.92 Å². The van der Waals surface area contributed by atoms with Gasteiger partial charge in [0.1, 0.15) is 12.2 Å². The lowest BCUT2D eigenvalue weighted by Crippen LogP contribution is -2.27. The number of aryl methyl sites for hydroxylation is 1. The van der Waals surface area contributed by atoms with Crippen molar-refractivity contribution >= 4 is 11.6 Å². The van der Waals surface area contributed by atoms with E-state index in [1.807, 2.05) is 29.9 Å². The highest BCUT2D eigenvalue weighted by Gasteiger charge is 2.15. The fourth-order valence-corrected chi connectivity index (χ4v) is 2.54. The van der Waals surface area contributed by atoms with E-state index in [0.717, 1.165) is 30.4 Å². The molecule has 1 heterocycles. The van der Waals surface area contributed by atoms with E-state index in [4.69, 9.17) is 11.6 Å². The molecule has 0 amide bonds. The van der Waals surface area contributed by atoms with Crippen molar-refractivity contribution in [3.05, 3.63) is 47.0 Å². The quantitative estimate of drug-likeness (QED) is 0.855. The van der Waals surface area contributed by atoms with Crippen LogP contribution in [-0.4, -0.2) is 27.9 Å². The van der Waals surface area contributed by atoms with Crippen molar-refractivity contribution in [1.29, 1.82) is 0 Å². The highest BCUT2D eigenvalue weighted by atomic mass is 35.5. The Kier molecular flexibility index (Phi) is 5.76. The van der Waals surface area contributed by atoms with E-state index >= 15 is 0 Å². The van der Waals surface area contributed by atoms with E-state index in [9.17, 15) is 0 Å². The molecule has 0 saturated heterocycles. The van der Waals surface area contributed by atoms with Crippen LogP contribution in [0.3, 0.4) is 0 Å². The van der Waals surface area contributed by atoms with Gasteiger partial charge in [-0.15, -0.1) is 0 Å². The number of aromatic nitrogens is 3. The maximum atomic E-state index is 6.13. The van der Waals surface area contributed by atoms with Gasteiger partial charge < -0.3 is 5.32 Å². The molecule has 1 unspecified atom stereocenters. The average molecular weight is 307 g/mol. The Balaban J connectivity index is 2.12. The van der Waals surface area contributed by atoms with Crippen molar-refractivity contribution in [2.24, 2.45) is 13.0 Å². The molecule has 0 saturated carbocycles. The van der Waals surface area contributed by atoms with Gasteiger partial charge in [0.25, 0.3) is 0 Å². The minimum Gasteiger partial charge on any atom is -0.316 e. The molecular weight excluding hydrogens is 284 g/mol. The molecule has 1 aromatic carbocycles. The molecule has 0 aliphatic rings. The van der Waals surface area contributed by atoms with Crippen LogP contribution in [-0.2, 0) is 13.5 Å². The predicted molar refractivity (Wildman–Crippen MR) is 86.6 cm³/mol. The number of nitrogens with one attached hydrogen (secondary N) is 1. The molecule has 1 aromatic heterocycles. The molecule has 1 atom stereocenters. The van der Waals surface area contributed by atoms with E-state index in [1.165, 1.54) is 5.56 Å². The molecule has 2 rings (SSSR count). The zero-order valence-electron chi connectivity index (χ0n) is 12.9. The lowest BCUT2D eigenvalue weighted by Gasteiger charge is -2.19. The first-order valence-corrected chi connectivity index (χ1v) is 7.73. The summed E-state index contributed by atoms with van der Waals surface area (Å²) in [6.45, 7) is 6.34. The third-order valence-corrected chi connectivity index (χ3v) is 3.73. The van der Waals surface area contributed by atoms with E-state index in [0.29, 0.717) is 11.8 Å². The largest absolute Gasteiger partial charge is 0.316 e. The summed E-state index contributed by atoms with van der Waals surface area (Å²) in [5, 5.41) is 8.46. The molecule has 5 heteroatoms. The zero-order chi connectivity index (χ0) is 15.2.